The molecule has 3 aromatic rings. The van der Waals surface area contributed by atoms with Gasteiger partial charge in [0.05, 0.1) is 37.4 Å². The molecule has 1 spiro atoms. The van der Waals surface area contributed by atoms with Crippen molar-refractivity contribution >= 4 is 17.5 Å². The number of rotatable bonds is 3. The smallest absolute Gasteiger partial charge is 0.379 e. The number of carbonyl (C=O) groups is 1. The number of alkyl halides is 3. The quantitative estimate of drug-likeness (QED) is 0.489. The van der Waals surface area contributed by atoms with Crippen molar-refractivity contribution in [3.63, 3.8) is 0 Å². The van der Waals surface area contributed by atoms with E-state index in [9.17, 15) is 22.4 Å². The molecule has 0 aliphatic carbocycles. The molecule has 192 valence electrons. The molecule has 0 radical (unpaired) electrons. The second kappa shape index (κ2) is 8.77. The van der Waals surface area contributed by atoms with Crippen molar-refractivity contribution < 1.29 is 31.8 Å². The van der Waals surface area contributed by atoms with Gasteiger partial charge in [0.25, 0.3) is 5.91 Å². The number of hydrogen-bond donors (Lipinski definition) is 0. The number of carbonyl (C=O) groups excluding carboxylic acids is 1. The van der Waals surface area contributed by atoms with Crippen molar-refractivity contribution in [2.24, 2.45) is 0 Å². The van der Waals surface area contributed by atoms with E-state index in [-0.39, 0.29) is 22.4 Å². The van der Waals surface area contributed by atoms with Crippen LogP contribution >= 0.6 is 0 Å². The van der Waals surface area contributed by atoms with E-state index >= 15 is 0 Å². The average molecular weight is 514 g/mol. The van der Waals surface area contributed by atoms with Gasteiger partial charge in [0.1, 0.15) is 5.82 Å². The monoisotopic (exact) mass is 514 g/mol. The Balaban J connectivity index is 1.33. The van der Waals surface area contributed by atoms with Crippen molar-refractivity contribution in [1.82, 2.24) is 14.9 Å². The van der Waals surface area contributed by atoms with Crippen molar-refractivity contribution in [2.45, 2.75) is 11.6 Å². The lowest BCUT2D eigenvalue weighted by Crippen LogP contribution is -2.49. The Bertz CT molecular complexity index is 1350. The van der Waals surface area contributed by atoms with Crippen molar-refractivity contribution in [1.29, 1.82) is 0 Å². The van der Waals surface area contributed by atoms with Gasteiger partial charge in [0.2, 0.25) is 5.95 Å². The zero-order chi connectivity index (χ0) is 25.8. The number of aromatic nitrogens is 2. The van der Waals surface area contributed by atoms with E-state index in [1.807, 2.05) is 23.1 Å². The summed E-state index contributed by atoms with van der Waals surface area (Å²) in [4.78, 5) is 25.5. The van der Waals surface area contributed by atoms with Crippen LogP contribution in [-0.2, 0) is 21.1 Å². The van der Waals surface area contributed by atoms with E-state index < -0.39 is 17.6 Å². The molecule has 1 amide bonds. The summed E-state index contributed by atoms with van der Waals surface area (Å²) in [5, 5.41) is 0. The molecule has 4 heterocycles. The molecule has 1 aromatic heterocycles. The largest absolute Gasteiger partial charge is 0.416 e. The van der Waals surface area contributed by atoms with Gasteiger partial charge in [-0.15, -0.1) is 0 Å². The first kappa shape index (κ1) is 23.8. The van der Waals surface area contributed by atoms with E-state index in [0.717, 1.165) is 23.4 Å². The van der Waals surface area contributed by atoms with Crippen LogP contribution in [0.15, 0.2) is 48.8 Å². The highest BCUT2D eigenvalue weighted by atomic mass is 19.4. The van der Waals surface area contributed by atoms with Crippen LogP contribution in [0.4, 0.5) is 29.2 Å². The van der Waals surface area contributed by atoms with Gasteiger partial charge in [-0.2, -0.15) is 13.2 Å². The first-order valence-electron chi connectivity index (χ1n) is 11.8. The maximum atomic E-state index is 14.4. The number of fused-ring (bicyclic) bond motifs is 2. The Hall–Kier alpha value is -3.57. The van der Waals surface area contributed by atoms with E-state index in [2.05, 4.69) is 9.97 Å². The van der Waals surface area contributed by atoms with E-state index in [1.54, 1.807) is 4.90 Å². The van der Waals surface area contributed by atoms with Crippen molar-refractivity contribution in [3.05, 3.63) is 71.3 Å². The lowest BCUT2D eigenvalue weighted by molar-refractivity contribution is -0.137. The molecule has 3 aliphatic heterocycles. The standard InChI is InChI=1S/C26H22F4N4O3/c27-21-4-2-18(26(28,29)30)10-19(21)17-11-31-24(32-12-17)34-13-25(14-37-15-25)20-3-1-16(9-22(20)34)23(35)33-5-7-36-8-6-33/h1-4,9-12H,5-8,13-15H2. The Morgan fingerprint density at radius 3 is 2.35 bits per heavy atom. The fourth-order valence-corrected chi connectivity index (χ4v) is 5.05. The van der Waals surface area contributed by atoms with Crippen LogP contribution in [0.1, 0.15) is 21.5 Å². The van der Waals surface area contributed by atoms with Crippen molar-refractivity contribution in [2.75, 3.05) is 51.0 Å². The summed E-state index contributed by atoms with van der Waals surface area (Å²) in [6, 6.07) is 7.83. The zero-order valence-electron chi connectivity index (χ0n) is 19.6. The topological polar surface area (TPSA) is 67.8 Å². The fraction of sp³-hybridized carbons (Fsp3) is 0.346. The van der Waals surface area contributed by atoms with Gasteiger partial charge in [-0.05, 0) is 35.9 Å². The minimum atomic E-state index is -4.60. The van der Waals surface area contributed by atoms with E-state index in [1.165, 1.54) is 12.4 Å². The summed E-state index contributed by atoms with van der Waals surface area (Å²) in [7, 11) is 0. The molecule has 3 aliphatic rings. The van der Waals surface area contributed by atoms with Gasteiger partial charge in [-0.25, -0.2) is 14.4 Å². The normalized spacial score (nSPS) is 18.6. The van der Waals surface area contributed by atoms with Gasteiger partial charge in [-0.3, -0.25) is 4.79 Å². The number of morpholine rings is 1. The highest BCUT2D eigenvalue weighted by Gasteiger charge is 2.49. The number of anilines is 2. The van der Waals surface area contributed by atoms with Crippen LogP contribution in [-0.4, -0.2) is 66.8 Å². The molecule has 2 fully saturated rings. The summed E-state index contributed by atoms with van der Waals surface area (Å²) >= 11 is 0. The number of halogens is 4. The van der Waals surface area contributed by atoms with Gasteiger partial charge in [0.15, 0.2) is 0 Å². The van der Waals surface area contributed by atoms with Crippen LogP contribution < -0.4 is 4.90 Å². The lowest BCUT2D eigenvalue weighted by atomic mass is 9.80. The van der Waals surface area contributed by atoms with Crippen LogP contribution in [0.3, 0.4) is 0 Å². The summed E-state index contributed by atoms with van der Waals surface area (Å²) in [6.45, 7) is 3.59. The van der Waals surface area contributed by atoms with Crippen LogP contribution in [0.5, 0.6) is 0 Å². The molecule has 0 unspecified atom stereocenters. The summed E-state index contributed by atoms with van der Waals surface area (Å²) < 4.78 is 64.7. The number of nitrogens with zero attached hydrogens (tertiary/aromatic N) is 4. The molecule has 0 atom stereocenters. The number of hydrogen-bond acceptors (Lipinski definition) is 6. The molecule has 2 saturated heterocycles. The fourth-order valence-electron chi connectivity index (χ4n) is 5.05. The van der Waals surface area contributed by atoms with E-state index in [0.29, 0.717) is 63.6 Å². The molecular weight excluding hydrogens is 492 g/mol. The second-order valence-corrected chi connectivity index (χ2v) is 9.46. The van der Waals surface area contributed by atoms with Crippen molar-refractivity contribution in [3.8, 4) is 11.1 Å². The van der Waals surface area contributed by atoms with Gasteiger partial charge in [0, 0.05) is 54.4 Å². The van der Waals surface area contributed by atoms with Gasteiger partial charge >= 0.3 is 6.18 Å². The van der Waals surface area contributed by atoms with Crippen LogP contribution in [0, 0.1) is 5.82 Å². The number of benzene rings is 2. The molecular formula is C26H22F4N4O3. The maximum absolute atomic E-state index is 14.4. The Morgan fingerprint density at radius 1 is 0.973 bits per heavy atom. The first-order chi connectivity index (χ1) is 17.7. The molecule has 0 saturated carbocycles. The first-order valence-corrected chi connectivity index (χ1v) is 11.8. The Labute approximate surface area is 209 Å². The maximum Gasteiger partial charge on any atom is 0.416 e. The van der Waals surface area contributed by atoms with Crippen LogP contribution in [0.2, 0.25) is 0 Å². The van der Waals surface area contributed by atoms with E-state index in [4.69, 9.17) is 9.47 Å². The Kier molecular flexibility index (Phi) is 5.64. The van der Waals surface area contributed by atoms with Gasteiger partial charge in [-0.1, -0.05) is 6.07 Å². The van der Waals surface area contributed by atoms with Gasteiger partial charge < -0.3 is 19.3 Å². The lowest BCUT2D eigenvalue weighted by Gasteiger charge is -2.38. The predicted octanol–water partition coefficient (Wildman–Crippen LogP) is 4.19. The zero-order valence-corrected chi connectivity index (χ0v) is 19.6. The highest BCUT2D eigenvalue weighted by molar-refractivity contribution is 5.96. The molecule has 6 rings (SSSR count). The summed E-state index contributed by atoms with van der Waals surface area (Å²) in [5.74, 6) is -0.585. The number of ether oxygens (including phenoxy) is 2. The SMILES string of the molecule is O=C(c1ccc2c(c1)N(c1ncc(-c3cc(C(F)(F)F)ccc3F)cn1)CC21COC1)N1CCOCC1. The highest BCUT2D eigenvalue weighted by Crippen LogP contribution is 2.48. The summed E-state index contributed by atoms with van der Waals surface area (Å²) in [5.41, 5.74) is 1.02. The molecule has 2 aromatic carbocycles. The summed E-state index contributed by atoms with van der Waals surface area (Å²) in [6.07, 6.45) is -1.98. The molecule has 7 nitrogen and oxygen atoms in total. The Morgan fingerprint density at radius 2 is 1.70 bits per heavy atom. The average Bonchev–Trinajstić information content (AvgIpc) is 3.24. The molecule has 0 bridgehead atoms. The minimum Gasteiger partial charge on any atom is -0.379 e. The molecule has 37 heavy (non-hydrogen) atoms. The minimum absolute atomic E-state index is 0.0897. The van der Waals surface area contributed by atoms with Crippen LogP contribution in [0.25, 0.3) is 11.1 Å². The number of amides is 1. The third kappa shape index (κ3) is 4.11. The predicted molar refractivity (Wildman–Crippen MR) is 125 cm³/mol. The third-order valence-electron chi connectivity index (χ3n) is 7.11. The third-order valence-corrected chi connectivity index (χ3v) is 7.11. The molecule has 0 N–H and O–H groups in total. The molecule has 11 heteroatoms. The second-order valence-electron chi connectivity index (χ2n) is 9.46.